The standard InChI is InChI=1S/C11H23ClNO2/c1-9(2)8-15-10(3)13(4,5)7-11(14)6-12/h10-11,14H,1,6-8H2,2-5H3/q+1. The summed E-state index contributed by atoms with van der Waals surface area (Å²) in [6.07, 6.45) is -0.475. The van der Waals surface area contributed by atoms with E-state index in [1.807, 2.05) is 27.9 Å². The van der Waals surface area contributed by atoms with Gasteiger partial charge in [-0.25, -0.2) is 0 Å². The van der Waals surface area contributed by atoms with Crippen molar-refractivity contribution in [3.8, 4) is 0 Å². The molecule has 0 fully saturated rings. The summed E-state index contributed by atoms with van der Waals surface area (Å²) in [5.41, 5.74) is 1.000. The van der Waals surface area contributed by atoms with Gasteiger partial charge < -0.3 is 14.3 Å². The van der Waals surface area contributed by atoms with Gasteiger partial charge in [-0.15, -0.1) is 11.6 Å². The van der Waals surface area contributed by atoms with Gasteiger partial charge >= 0.3 is 0 Å². The Morgan fingerprint density at radius 3 is 2.47 bits per heavy atom. The van der Waals surface area contributed by atoms with Gasteiger partial charge in [0.25, 0.3) is 0 Å². The monoisotopic (exact) mass is 236 g/mol. The van der Waals surface area contributed by atoms with Crippen LogP contribution < -0.4 is 0 Å². The summed E-state index contributed by atoms with van der Waals surface area (Å²) in [6.45, 7) is 8.84. The predicted molar refractivity (Wildman–Crippen MR) is 63.9 cm³/mol. The zero-order valence-corrected chi connectivity index (χ0v) is 10.9. The summed E-state index contributed by atoms with van der Waals surface area (Å²) in [5.74, 6) is 0.259. The predicted octanol–water partition coefficient (Wildman–Crippen LogP) is 1.60. The number of halogens is 1. The molecule has 90 valence electrons. The van der Waals surface area contributed by atoms with Gasteiger partial charge in [-0.2, -0.15) is 0 Å². The highest BCUT2D eigenvalue weighted by molar-refractivity contribution is 6.18. The van der Waals surface area contributed by atoms with Crippen LogP contribution in [0.2, 0.25) is 0 Å². The van der Waals surface area contributed by atoms with Crippen molar-refractivity contribution in [1.82, 2.24) is 0 Å². The number of aliphatic hydroxyl groups is 1. The smallest absolute Gasteiger partial charge is 0.190 e. The third kappa shape index (κ3) is 6.15. The molecule has 2 unspecified atom stereocenters. The molecule has 0 aromatic carbocycles. The van der Waals surface area contributed by atoms with Gasteiger partial charge in [0.1, 0.15) is 12.6 Å². The van der Waals surface area contributed by atoms with E-state index in [1.165, 1.54) is 0 Å². The van der Waals surface area contributed by atoms with Gasteiger partial charge in [-0.3, -0.25) is 0 Å². The molecule has 0 aliphatic heterocycles. The van der Waals surface area contributed by atoms with Crippen molar-refractivity contribution in [2.75, 3.05) is 33.1 Å². The number of hydrogen-bond donors (Lipinski definition) is 1. The molecule has 0 aliphatic rings. The van der Waals surface area contributed by atoms with Crippen molar-refractivity contribution in [3.05, 3.63) is 12.2 Å². The topological polar surface area (TPSA) is 29.5 Å². The second kappa shape index (κ2) is 6.48. The van der Waals surface area contributed by atoms with Crippen LogP contribution in [0.15, 0.2) is 12.2 Å². The molecule has 0 amide bonds. The zero-order chi connectivity index (χ0) is 12.1. The van der Waals surface area contributed by atoms with Crippen molar-refractivity contribution in [2.24, 2.45) is 0 Å². The molecule has 1 N–H and O–H groups in total. The van der Waals surface area contributed by atoms with Crippen molar-refractivity contribution >= 4 is 11.6 Å². The molecular weight excluding hydrogens is 214 g/mol. The molecule has 0 heterocycles. The minimum absolute atomic E-state index is 0.0135. The Kier molecular flexibility index (Phi) is 6.44. The highest BCUT2D eigenvalue weighted by atomic mass is 35.5. The van der Waals surface area contributed by atoms with E-state index < -0.39 is 6.10 Å². The first-order valence-corrected chi connectivity index (χ1v) is 5.65. The Morgan fingerprint density at radius 1 is 1.53 bits per heavy atom. The van der Waals surface area contributed by atoms with Crippen LogP contribution in [0.1, 0.15) is 13.8 Å². The maximum Gasteiger partial charge on any atom is 0.190 e. The van der Waals surface area contributed by atoms with E-state index in [-0.39, 0.29) is 12.1 Å². The minimum atomic E-state index is -0.488. The third-order valence-electron chi connectivity index (χ3n) is 2.41. The van der Waals surface area contributed by atoms with E-state index in [0.29, 0.717) is 17.6 Å². The number of alkyl halides is 1. The average molecular weight is 237 g/mol. The molecule has 0 aromatic rings. The van der Waals surface area contributed by atoms with Crippen molar-refractivity contribution < 1.29 is 14.3 Å². The van der Waals surface area contributed by atoms with E-state index in [4.69, 9.17) is 16.3 Å². The number of aliphatic hydroxyl groups excluding tert-OH is 1. The maximum atomic E-state index is 9.50. The Morgan fingerprint density at radius 2 is 2.07 bits per heavy atom. The van der Waals surface area contributed by atoms with Crippen molar-refractivity contribution in [2.45, 2.75) is 26.2 Å². The van der Waals surface area contributed by atoms with E-state index in [9.17, 15) is 5.11 Å². The highest BCUT2D eigenvalue weighted by Gasteiger charge is 2.27. The van der Waals surface area contributed by atoms with Gasteiger partial charge in [-0.1, -0.05) is 12.2 Å². The average Bonchev–Trinajstić information content (AvgIpc) is 2.13. The molecule has 4 heteroatoms. The molecule has 0 saturated carbocycles. The number of rotatable bonds is 7. The summed E-state index contributed by atoms with van der Waals surface area (Å²) in [5, 5.41) is 9.50. The number of hydrogen-bond acceptors (Lipinski definition) is 2. The molecule has 15 heavy (non-hydrogen) atoms. The van der Waals surface area contributed by atoms with Crippen LogP contribution in [-0.2, 0) is 4.74 Å². The lowest BCUT2D eigenvalue weighted by molar-refractivity contribution is -0.937. The minimum Gasteiger partial charge on any atom is -0.386 e. The Balaban J connectivity index is 4.12. The molecular formula is C11H23ClNO2+. The first kappa shape index (κ1) is 14.9. The second-order valence-corrected chi connectivity index (χ2v) is 4.95. The fraction of sp³-hybridized carbons (Fsp3) is 0.818. The van der Waals surface area contributed by atoms with Crippen LogP contribution in [0.5, 0.6) is 0 Å². The van der Waals surface area contributed by atoms with Crippen LogP contribution in [0.3, 0.4) is 0 Å². The summed E-state index contributed by atoms with van der Waals surface area (Å²) < 4.78 is 6.22. The van der Waals surface area contributed by atoms with Gasteiger partial charge in [0.05, 0.1) is 26.6 Å². The molecule has 0 saturated heterocycles. The van der Waals surface area contributed by atoms with Crippen LogP contribution >= 0.6 is 11.6 Å². The van der Waals surface area contributed by atoms with Gasteiger partial charge in [0.2, 0.25) is 0 Å². The number of ether oxygens (including phenoxy) is 1. The second-order valence-electron chi connectivity index (χ2n) is 4.64. The fourth-order valence-electron chi connectivity index (χ4n) is 1.21. The summed E-state index contributed by atoms with van der Waals surface area (Å²) in [4.78, 5) is 0. The normalized spacial score (nSPS) is 16.1. The number of likely N-dealkylation sites (N-methyl/N-ethyl adjacent to an activating group) is 1. The molecule has 3 nitrogen and oxygen atoms in total. The Hall–Kier alpha value is -0.0900. The first-order valence-electron chi connectivity index (χ1n) is 5.12. The maximum absolute atomic E-state index is 9.50. The van der Waals surface area contributed by atoms with E-state index in [0.717, 1.165) is 5.57 Å². The van der Waals surface area contributed by atoms with Gasteiger partial charge in [-0.05, 0) is 6.92 Å². The summed E-state index contributed by atoms with van der Waals surface area (Å²) in [7, 11) is 4.03. The Bertz CT molecular complexity index is 207. The summed E-state index contributed by atoms with van der Waals surface area (Å²) >= 11 is 5.58. The van der Waals surface area contributed by atoms with E-state index in [1.54, 1.807) is 0 Å². The van der Waals surface area contributed by atoms with Crippen LogP contribution in [0.4, 0.5) is 0 Å². The van der Waals surface area contributed by atoms with E-state index >= 15 is 0 Å². The van der Waals surface area contributed by atoms with Crippen molar-refractivity contribution in [1.29, 1.82) is 0 Å². The lowest BCUT2D eigenvalue weighted by atomic mass is 10.3. The van der Waals surface area contributed by atoms with Crippen LogP contribution in [-0.4, -0.2) is 55.0 Å². The molecule has 2 atom stereocenters. The molecule has 0 rings (SSSR count). The lowest BCUT2D eigenvalue weighted by Crippen LogP contribution is -2.53. The molecule has 0 bridgehead atoms. The summed E-state index contributed by atoms with van der Waals surface area (Å²) in [6, 6.07) is 0. The lowest BCUT2D eigenvalue weighted by Gasteiger charge is -2.36. The van der Waals surface area contributed by atoms with Crippen LogP contribution in [0, 0.1) is 0 Å². The molecule has 0 aromatic heterocycles. The van der Waals surface area contributed by atoms with Crippen LogP contribution in [0.25, 0.3) is 0 Å². The fourth-order valence-corrected chi connectivity index (χ4v) is 1.30. The quantitative estimate of drug-likeness (QED) is 0.315. The van der Waals surface area contributed by atoms with Crippen molar-refractivity contribution in [3.63, 3.8) is 0 Å². The third-order valence-corrected chi connectivity index (χ3v) is 2.77. The highest BCUT2D eigenvalue weighted by Crippen LogP contribution is 2.10. The van der Waals surface area contributed by atoms with Gasteiger partial charge in [0.15, 0.2) is 6.23 Å². The first-order chi connectivity index (χ1) is 6.79. The van der Waals surface area contributed by atoms with E-state index in [2.05, 4.69) is 6.58 Å². The number of nitrogens with zero attached hydrogens (tertiary/aromatic N) is 1. The largest absolute Gasteiger partial charge is 0.386 e. The zero-order valence-electron chi connectivity index (χ0n) is 10.2. The van der Waals surface area contributed by atoms with Gasteiger partial charge in [0, 0.05) is 6.92 Å². The molecule has 0 radical (unpaired) electrons. The SMILES string of the molecule is C=C(C)COC(C)[N+](C)(C)CC(O)CCl. The number of quaternary nitrogens is 1. The molecule has 0 aliphatic carbocycles. The Labute approximate surface area is 97.9 Å². The molecule has 0 spiro atoms.